The number of aromatic amines is 1. The maximum Gasteiger partial charge on any atom is 0.0461 e. The van der Waals surface area contributed by atoms with Crippen LogP contribution >= 0.6 is 0 Å². The van der Waals surface area contributed by atoms with Gasteiger partial charge in [-0.3, -0.25) is 0 Å². The highest BCUT2D eigenvalue weighted by Crippen LogP contribution is 2.41. The van der Waals surface area contributed by atoms with E-state index in [-0.39, 0.29) is 0 Å². The molecule has 17 heavy (non-hydrogen) atoms. The van der Waals surface area contributed by atoms with E-state index < -0.39 is 0 Å². The normalized spacial score (nSPS) is 20.2. The molecule has 1 heteroatoms. The second-order valence-corrected chi connectivity index (χ2v) is 5.69. The molecule has 0 unspecified atom stereocenters. The van der Waals surface area contributed by atoms with Gasteiger partial charge in [0.2, 0.25) is 0 Å². The van der Waals surface area contributed by atoms with Gasteiger partial charge in [0.1, 0.15) is 0 Å². The average Bonchev–Trinajstić information content (AvgIpc) is 3.04. The van der Waals surface area contributed by atoms with E-state index in [0.29, 0.717) is 0 Å². The van der Waals surface area contributed by atoms with Crippen molar-refractivity contribution in [2.24, 2.45) is 0 Å². The summed E-state index contributed by atoms with van der Waals surface area (Å²) in [6.45, 7) is 0. The topological polar surface area (TPSA) is 15.8 Å². The third-order valence-corrected chi connectivity index (χ3v) is 4.70. The Kier molecular flexibility index (Phi) is 2.08. The highest BCUT2D eigenvalue weighted by atomic mass is 14.7. The summed E-state index contributed by atoms with van der Waals surface area (Å²) in [7, 11) is 0. The molecule has 0 amide bonds. The van der Waals surface area contributed by atoms with Crippen molar-refractivity contribution in [1.29, 1.82) is 0 Å². The van der Waals surface area contributed by atoms with Gasteiger partial charge in [-0.15, -0.1) is 0 Å². The van der Waals surface area contributed by atoms with Crippen LogP contribution in [-0.2, 0) is 12.8 Å². The smallest absolute Gasteiger partial charge is 0.0461 e. The first-order valence-corrected chi connectivity index (χ1v) is 7.06. The maximum atomic E-state index is 3.64. The van der Waals surface area contributed by atoms with E-state index in [1.54, 1.807) is 16.5 Å². The van der Waals surface area contributed by atoms with Crippen LogP contribution in [0.2, 0.25) is 0 Å². The minimum atomic E-state index is 0.833. The highest BCUT2D eigenvalue weighted by molar-refractivity contribution is 5.89. The van der Waals surface area contributed by atoms with Crippen LogP contribution in [0.1, 0.15) is 54.8 Å². The summed E-state index contributed by atoms with van der Waals surface area (Å²) in [6.07, 6.45) is 9.54. The molecular formula is C16H19N. The van der Waals surface area contributed by atoms with Gasteiger partial charge in [-0.05, 0) is 55.2 Å². The Morgan fingerprint density at radius 1 is 1.00 bits per heavy atom. The minimum absolute atomic E-state index is 0.833. The Balaban J connectivity index is 1.96. The van der Waals surface area contributed by atoms with Gasteiger partial charge in [-0.1, -0.05) is 25.0 Å². The second kappa shape index (κ2) is 3.63. The number of nitrogens with one attached hydrogen (secondary N) is 1. The molecule has 2 aliphatic rings. The monoisotopic (exact) mass is 225 g/mol. The van der Waals surface area contributed by atoms with Crippen LogP contribution < -0.4 is 0 Å². The Labute approximate surface area is 102 Å². The zero-order valence-corrected chi connectivity index (χ0v) is 10.3. The van der Waals surface area contributed by atoms with Gasteiger partial charge in [0.05, 0.1) is 0 Å². The Morgan fingerprint density at radius 2 is 1.88 bits per heavy atom. The Hall–Kier alpha value is -1.24. The Bertz CT molecular complexity index is 558. The van der Waals surface area contributed by atoms with Crippen LogP contribution in [0.5, 0.6) is 0 Å². The van der Waals surface area contributed by atoms with E-state index in [0.717, 1.165) is 5.92 Å². The van der Waals surface area contributed by atoms with Crippen molar-refractivity contribution in [2.75, 3.05) is 0 Å². The van der Waals surface area contributed by atoms with Crippen LogP contribution in [0, 0.1) is 0 Å². The predicted octanol–water partition coefficient (Wildman–Crippen LogP) is 4.31. The molecule has 1 fully saturated rings. The number of aromatic nitrogens is 1. The summed E-state index contributed by atoms with van der Waals surface area (Å²) in [4.78, 5) is 3.64. The fourth-order valence-electron chi connectivity index (χ4n) is 3.91. The summed E-state index contributed by atoms with van der Waals surface area (Å²) >= 11 is 0. The number of fused-ring (bicyclic) bond motifs is 3. The summed E-state index contributed by atoms with van der Waals surface area (Å²) in [5.74, 6) is 0.833. The number of rotatable bonds is 1. The quantitative estimate of drug-likeness (QED) is 0.744. The number of hydrogen-bond donors (Lipinski definition) is 1. The van der Waals surface area contributed by atoms with Crippen LogP contribution in [0.25, 0.3) is 10.9 Å². The highest BCUT2D eigenvalue weighted by Gasteiger charge is 2.24. The van der Waals surface area contributed by atoms with Crippen molar-refractivity contribution in [1.82, 2.24) is 4.98 Å². The second-order valence-electron chi connectivity index (χ2n) is 5.69. The molecule has 0 aliphatic heterocycles. The number of aryl methyl sites for hydroxylation is 2. The standard InChI is InChI=1S/C16H19N/c1-2-6-11(5-1)12-7-3-10-15-16(12)13-8-4-9-14(13)17-15/h3,7,10-11,17H,1-2,4-6,8-9H2. The van der Waals surface area contributed by atoms with E-state index in [2.05, 4.69) is 23.2 Å². The lowest BCUT2D eigenvalue weighted by Crippen LogP contribution is -1.94. The van der Waals surface area contributed by atoms with Crippen LogP contribution in [0.3, 0.4) is 0 Å². The van der Waals surface area contributed by atoms with Crippen LogP contribution in [-0.4, -0.2) is 4.98 Å². The van der Waals surface area contributed by atoms with Gasteiger partial charge < -0.3 is 4.98 Å². The molecule has 0 saturated heterocycles. The van der Waals surface area contributed by atoms with Crippen molar-refractivity contribution in [3.63, 3.8) is 0 Å². The van der Waals surface area contributed by atoms with Crippen molar-refractivity contribution < 1.29 is 0 Å². The van der Waals surface area contributed by atoms with Crippen molar-refractivity contribution in [3.05, 3.63) is 35.0 Å². The van der Waals surface area contributed by atoms with E-state index in [4.69, 9.17) is 0 Å². The summed E-state index contributed by atoms with van der Waals surface area (Å²) < 4.78 is 0. The molecule has 0 spiro atoms. The summed E-state index contributed by atoms with van der Waals surface area (Å²) in [5, 5.41) is 1.59. The first-order chi connectivity index (χ1) is 8.43. The van der Waals surface area contributed by atoms with Gasteiger partial charge in [-0.25, -0.2) is 0 Å². The number of hydrogen-bond acceptors (Lipinski definition) is 0. The molecule has 0 radical (unpaired) electrons. The van der Waals surface area contributed by atoms with Crippen LogP contribution in [0.15, 0.2) is 18.2 Å². The molecule has 88 valence electrons. The van der Waals surface area contributed by atoms with Crippen molar-refractivity contribution in [3.8, 4) is 0 Å². The average molecular weight is 225 g/mol. The molecule has 1 aromatic carbocycles. The first-order valence-electron chi connectivity index (χ1n) is 7.06. The zero-order chi connectivity index (χ0) is 11.2. The fourth-order valence-corrected chi connectivity index (χ4v) is 3.91. The van der Waals surface area contributed by atoms with Gasteiger partial charge in [0.15, 0.2) is 0 Å². The Morgan fingerprint density at radius 3 is 2.76 bits per heavy atom. The minimum Gasteiger partial charge on any atom is -0.358 e. The fraction of sp³-hybridized carbons (Fsp3) is 0.500. The molecule has 0 atom stereocenters. The lowest BCUT2D eigenvalue weighted by Gasteiger charge is -2.12. The maximum absolute atomic E-state index is 3.64. The molecule has 4 rings (SSSR count). The van der Waals surface area contributed by atoms with E-state index in [1.165, 1.54) is 56.2 Å². The van der Waals surface area contributed by atoms with Gasteiger partial charge in [0, 0.05) is 16.6 Å². The zero-order valence-electron chi connectivity index (χ0n) is 10.3. The molecule has 2 aliphatic carbocycles. The van der Waals surface area contributed by atoms with Crippen LogP contribution in [0.4, 0.5) is 0 Å². The molecular weight excluding hydrogens is 206 g/mol. The lowest BCUT2D eigenvalue weighted by molar-refractivity contribution is 0.729. The third-order valence-electron chi connectivity index (χ3n) is 4.70. The summed E-state index contributed by atoms with van der Waals surface area (Å²) in [5.41, 5.74) is 6.19. The van der Waals surface area contributed by atoms with Gasteiger partial charge >= 0.3 is 0 Å². The van der Waals surface area contributed by atoms with E-state index >= 15 is 0 Å². The first kappa shape index (κ1) is 9.76. The molecule has 2 aromatic rings. The van der Waals surface area contributed by atoms with Gasteiger partial charge in [-0.2, -0.15) is 0 Å². The SMILES string of the molecule is c1cc(C2CCCC2)c2c3c([nH]c2c1)CCC3. The molecule has 1 saturated carbocycles. The van der Waals surface area contributed by atoms with Gasteiger partial charge in [0.25, 0.3) is 0 Å². The molecule has 1 aromatic heterocycles. The van der Waals surface area contributed by atoms with Crippen molar-refractivity contribution >= 4 is 10.9 Å². The largest absolute Gasteiger partial charge is 0.358 e. The third kappa shape index (κ3) is 1.38. The molecule has 1 nitrogen and oxygen atoms in total. The van der Waals surface area contributed by atoms with E-state index in [9.17, 15) is 0 Å². The van der Waals surface area contributed by atoms with Crippen molar-refractivity contribution in [2.45, 2.75) is 50.9 Å². The molecule has 0 bridgehead atoms. The van der Waals surface area contributed by atoms with E-state index in [1.807, 2.05) is 0 Å². The number of H-pyrrole nitrogens is 1. The number of benzene rings is 1. The molecule has 1 heterocycles. The molecule has 1 N–H and O–H groups in total. The predicted molar refractivity (Wildman–Crippen MR) is 71.5 cm³/mol. The summed E-state index contributed by atoms with van der Waals surface area (Å²) in [6, 6.07) is 6.87. The lowest BCUT2D eigenvalue weighted by atomic mass is 9.92.